The molecule has 0 aliphatic heterocycles. The Morgan fingerprint density at radius 2 is 1.06 bits per heavy atom. The molecule has 0 spiro atoms. The predicted octanol–water partition coefficient (Wildman–Crippen LogP) is -1.85. The summed E-state index contributed by atoms with van der Waals surface area (Å²) in [4.78, 5) is -1.07. The van der Waals surface area contributed by atoms with Crippen LogP contribution in [0.15, 0.2) is 21.9 Å². The molecule has 0 fully saturated rings. The summed E-state index contributed by atoms with van der Waals surface area (Å²) >= 11 is 0. The predicted molar refractivity (Wildman–Crippen MR) is 58.0 cm³/mol. The summed E-state index contributed by atoms with van der Waals surface area (Å²) < 4.78 is 44.3. The van der Waals surface area contributed by atoms with Crippen molar-refractivity contribution in [3.63, 3.8) is 0 Å². The topological polar surface area (TPSA) is 172 Å². The molecule has 10 heteroatoms. The SMILES string of the molecule is Nc1cc(N)c(S(N)(=O)=O)cc1S(N)(=O)=O. The highest BCUT2D eigenvalue weighted by Crippen LogP contribution is 2.26. The van der Waals surface area contributed by atoms with Crippen molar-refractivity contribution in [2.45, 2.75) is 9.79 Å². The third-order valence-corrected chi connectivity index (χ3v) is 3.69. The maximum atomic E-state index is 11.1. The van der Waals surface area contributed by atoms with E-state index in [1.807, 2.05) is 0 Å². The number of hydrogen-bond acceptors (Lipinski definition) is 6. The lowest BCUT2D eigenvalue weighted by Crippen LogP contribution is -2.19. The van der Waals surface area contributed by atoms with Crippen molar-refractivity contribution in [2.24, 2.45) is 10.3 Å². The number of hydrogen-bond donors (Lipinski definition) is 4. The molecule has 0 atom stereocenters. The summed E-state index contributed by atoms with van der Waals surface area (Å²) in [6.07, 6.45) is 0. The third-order valence-electron chi connectivity index (χ3n) is 1.76. The number of rotatable bonds is 2. The fourth-order valence-electron chi connectivity index (χ4n) is 1.09. The van der Waals surface area contributed by atoms with E-state index in [1.165, 1.54) is 0 Å². The molecule has 1 rings (SSSR count). The van der Waals surface area contributed by atoms with Crippen LogP contribution in [-0.4, -0.2) is 16.8 Å². The fraction of sp³-hybridized carbons (Fsp3) is 0. The van der Waals surface area contributed by atoms with E-state index in [4.69, 9.17) is 21.7 Å². The molecule has 8 nitrogen and oxygen atoms in total. The number of nitrogen functional groups attached to an aromatic ring is 2. The van der Waals surface area contributed by atoms with Crippen molar-refractivity contribution in [1.82, 2.24) is 0 Å². The first-order valence-electron chi connectivity index (χ1n) is 3.78. The second-order valence-electron chi connectivity index (χ2n) is 3.02. The van der Waals surface area contributed by atoms with Gasteiger partial charge in [0.25, 0.3) is 0 Å². The molecule has 0 aliphatic carbocycles. The van der Waals surface area contributed by atoms with Gasteiger partial charge in [-0.25, -0.2) is 27.1 Å². The Morgan fingerprint density at radius 3 is 1.31 bits per heavy atom. The Labute approximate surface area is 92.3 Å². The van der Waals surface area contributed by atoms with Crippen LogP contribution in [0.5, 0.6) is 0 Å². The Morgan fingerprint density at radius 1 is 0.750 bits per heavy atom. The van der Waals surface area contributed by atoms with Crippen LogP contribution in [-0.2, 0) is 20.0 Å². The van der Waals surface area contributed by atoms with Crippen LogP contribution in [0.25, 0.3) is 0 Å². The Bertz CT molecular complexity index is 581. The van der Waals surface area contributed by atoms with Crippen LogP contribution in [0.1, 0.15) is 0 Å². The van der Waals surface area contributed by atoms with Gasteiger partial charge < -0.3 is 11.5 Å². The molecule has 1 aromatic carbocycles. The van der Waals surface area contributed by atoms with Crippen LogP contribution >= 0.6 is 0 Å². The zero-order valence-electron chi connectivity index (χ0n) is 7.91. The van der Waals surface area contributed by atoms with Gasteiger partial charge in [-0.2, -0.15) is 0 Å². The van der Waals surface area contributed by atoms with Crippen molar-refractivity contribution in [3.8, 4) is 0 Å². The van der Waals surface area contributed by atoms with Crippen LogP contribution in [0.2, 0.25) is 0 Å². The molecule has 0 saturated heterocycles. The number of anilines is 2. The minimum atomic E-state index is -4.13. The van der Waals surface area contributed by atoms with E-state index in [0.29, 0.717) is 0 Å². The van der Waals surface area contributed by atoms with Crippen molar-refractivity contribution in [3.05, 3.63) is 12.1 Å². The van der Waals surface area contributed by atoms with Crippen LogP contribution in [0.4, 0.5) is 11.4 Å². The lowest BCUT2D eigenvalue weighted by Gasteiger charge is -2.08. The maximum Gasteiger partial charge on any atom is 0.240 e. The average Bonchev–Trinajstić information content (AvgIpc) is 1.97. The smallest absolute Gasteiger partial charge is 0.240 e. The summed E-state index contributed by atoms with van der Waals surface area (Å²) in [5.74, 6) is 0. The zero-order valence-corrected chi connectivity index (χ0v) is 9.55. The van der Waals surface area contributed by atoms with E-state index < -0.39 is 29.8 Å². The van der Waals surface area contributed by atoms with Gasteiger partial charge in [0, 0.05) is 0 Å². The fourth-order valence-corrected chi connectivity index (χ4v) is 2.50. The normalized spacial score (nSPS) is 12.6. The molecule has 0 radical (unpaired) electrons. The van der Waals surface area contributed by atoms with Gasteiger partial charge in [0.15, 0.2) is 0 Å². The van der Waals surface area contributed by atoms with E-state index >= 15 is 0 Å². The van der Waals surface area contributed by atoms with Crippen molar-refractivity contribution >= 4 is 31.4 Å². The van der Waals surface area contributed by atoms with Crippen LogP contribution < -0.4 is 21.7 Å². The third kappa shape index (κ3) is 2.41. The Balaban J connectivity index is 3.72. The van der Waals surface area contributed by atoms with Gasteiger partial charge in [-0.3, -0.25) is 0 Å². The van der Waals surface area contributed by atoms with Crippen LogP contribution in [0, 0.1) is 0 Å². The molecule has 0 bridgehead atoms. The summed E-state index contributed by atoms with van der Waals surface area (Å²) in [7, 11) is -8.27. The molecule has 1 aromatic rings. The summed E-state index contributed by atoms with van der Waals surface area (Å²) in [6, 6.07) is 1.70. The quantitative estimate of drug-likeness (QED) is 0.457. The van der Waals surface area contributed by atoms with Gasteiger partial charge in [-0.15, -0.1) is 0 Å². The first-order chi connectivity index (χ1) is 7.03. The summed E-state index contributed by atoms with van der Waals surface area (Å²) in [5.41, 5.74) is 10.2. The highest BCUT2D eigenvalue weighted by atomic mass is 32.2. The maximum absolute atomic E-state index is 11.1. The number of nitrogens with two attached hydrogens (primary N) is 4. The molecule has 0 amide bonds. The van der Waals surface area contributed by atoms with E-state index in [9.17, 15) is 16.8 Å². The highest BCUT2D eigenvalue weighted by molar-refractivity contribution is 7.90. The first-order valence-corrected chi connectivity index (χ1v) is 6.87. The lowest BCUT2D eigenvalue weighted by molar-refractivity contribution is 0.596. The summed E-state index contributed by atoms with van der Waals surface area (Å²) in [6.45, 7) is 0. The molecule has 8 N–H and O–H groups in total. The second-order valence-corrected chi connectivity index (χ2v) is 6.08. The van der Waals surface area contributed by atoms with Gasteiger partial charge in [-0.05, 0) is 12.1 Å². The summed E-state index contributed by atoms with van der Waals surface area (Å²) in [5, 5.41) is 9.67. The molecule has 0 aliphatic rings. The van der Waals surface area contributed by atoms with Gasteiger partial charge in [-0.1, -0.05) is 0 Å². The Kier molecular flexibility index (Phi) is 2.85. The molecular formula is C6H10N4O4S2. The minimum absolute atomic E-state index is 0.243. The van der Waals surface area contributed by atoms with E-state index in [-0.39, 0.29) is 11.4 Å². The number of sulfonamides is 2. The molecule has 0 saturated carbocycles. The monoisotopic (exact) mass is 266 g/mol. The Hall–Kier alpha value is -1.36. The molecule has 0 heterocycles. The number of benzene rings is 1. The van der Waals surface area contributed by atoms with E-state index in [1.54, 1.807) is 0 Å². The molecule has 0 aromatic heterocycles. The average molecular weight is 266 g/mol. The molecular weight excluding hydrogens is 256 g/mol. The highest BCUT2D eigenvalue weighted by Gasteiger charge is 2.20. The second kappa shape index (κ2) is 3.59. The lowest BCUT2D eigenvalue weighted by atomic mass is 10.3. The van der Waals surface area contributed by atoms with Crippen molar-refractivity contribution in [2.75, 3.05) is 11.5 Å². The zero-order chi connectivity index (χ0) is 12.7. The van der Waals surface area contributed by atoms with Crippen molar-refractivity contribution < 1.29 is 16.8 Å². The molecule has 90 valence electrons. The van der Waals surface area contributed by atoms with Gasteiger partial charge >= 0.3 is 0 Å². The first kappa shape index (κ1) is 12.7. The van der Waals surface area contributed by atoms with Gasteiger partial charge in [0.05, 0.1) is 11.4 Å². The van der Waals surface area contributed by atoms with Crippen LogP contribution in [0.3, 0.4) is 0 Å². The van der Waals surface area contributed by atoms with Gasteiger partial charge in [0.2, 0.25) is 20.0 Å². The number of primary sulfonamides is 2. The molecule has 0 unspecified atom stereocenters. The molecule has 16 heavy (non-hydrogen) atoms. The largest absolute Gasteiger partial charge is 0.398 e. The minimum Gasteiger partial charge on any atom is -0.398 e. The van der Waals surface area contributed by atoms with E-state index in [0.717, 1.165) is 12.1 Å². The van der Waals surface area contributed by atoms with E-state index in [2.05, 4.69) is 0 Å². The standard InChI is InChI=1S/C6H10N4O4S2/c7-3-1-4(8)6(16(10,13)14)2-5(3)15(9,11)12/h1-2H,7-8H2,(H2,9,11,12)(H2,10,13,14). The van der Waals surface area contributed by atoms with Crippen molar-refractivity contribution in [1.29, 1.82) is 0 Å². The van der Waals surface area contributed by atoms with Gasteiger partial charge in [0.1, 0.15) is 9.79 Å².